The van der Waals surface area contributed by atoms with Crippen LogP contribution in [0.15, 0.2) is 61.7 Å². The molecule has 2 aromatic carbocycles. The van der Waals surface area contributed by atoms with E-state index < -0.39 is 32.7 Å². The molecule has 3 aliphatic rings. The minimum absolute atomic E-state index is 0.0490. The lowest BCUT2D eigenvalue weighted by molar-refractivity contribution is 0.0460. The van der Waals surface area contributed by atoms with E-state index in [-0.39, 0.29) is 25.0 Å². The second kappa shape index (κ2) is 11.8. The maximum atomic E-state index is 14.0. The number of aliphatic hydroxyl groups is 1. The Labute approximate surface area is 247 Å². The number of ether oxygens (including phenoxy) is 1. The Bertz CT molecular complexity index is 1450. The van der Waals surface area contributed by atoms with Gasteiger partial charge in [0.15, 0.2) is 0 Å². The fourth-order valence-electron chi connectivity index (χ4n) is 6.81. The molecule has 1 aliphatic heterocycles. The molecule has 5 rings (SSSR count). The van der Waals surface area contributed by atoms with E-state index in [0.717, 1.165) is 24.0 Å². The van der Waals surface area contributed by atoms with E-state index in [1.54, 1.807) is 36.4 Å². The number of nitrogens with two attached hydrogens (primary N) is 1. The maximum absolute atomic E-state index is 14.0. The standard InChI is InChI=1S/C31H38ClN3O5S/c1-3-5-14-34-41(38,39)29-13-8-20-15-23(32)9-11-25(20)31(29)18-35(17-22-6-10-24(22)27(36)4-2)26-16-21(30(33)37)7-12-28(26)40-19-31/h3-4,7,9,11-12,15-16,22,24,27,29,34,36H,1-2,5-6,8,10,13-14,17-19H2,(H2,33,37)/t22-,24+,27-,29?,31?/m0/s1. The van der Waals surface area contributed by atoms with Gasteiger partial charge in [-0.05, 0) is 85.4 Å². The monoisotopic (exact) mass is 599 g/mol. The molecule has 8 nitrogen and oxygen atoms in total. The van der Waals surface area contributed by atoms with E-state index >= 15 is 0 Å². The summed E-state index contributed by atoms with van der Waals surface area (Å²) in [5, 5.41) is 10.4. The number of hydrogen-bond acceptors (Lipinski definition) is 6. The van der Waals surface area contributed by atoms with Gasteiger partial charge in [0, 0.05) is 30.2 Å². The van der Waals surface area contributed by atoms with Gasteiger partial charge >= 0.3 is 0 Å². The summed E-state index contributed by atoms with van der Waals surface area (Å²) >= 11 is 6.39. The van der Waals surface area contributed by atoms with Gasteiger partial charge in [-0.25, -0.2) is 13.1 Å². The highest BCUT2D eigenvalue weighted by atomic mass is 35.5. The Morgan fingerprint density at radius 2 is 2.05 bits per heavy atom. The number of aliphatic hydroxyl groups excluding tert-OH is 1. The average molecular weight is 600 g/mol. The maximum Gasteiger partial charge on any atom is 0.248 e. The van der Waals surface area contributed by atoms with Gasteiger partial charge in [-0.15, -0.1) is 13.2 Å². The van der Waals surface area contributed by atoms with E-state index in [0.29, 0.717) is 54.4 Å². The summed E-state index contributed by atoms with van der Waals surface area (Å²) in [6.45, 7) is 8.75. The van der Waals surface area contributed by atoms with E-state index in [4.69, 9.17) is 22.1 Å². The van der Waals surface area contributed by atoms with Crippen molar-refractivity contribution in [1.82, 2.24) is 4.72 Å². The lowest BCUT2D eigenvalue weighted by atomic mass is 9.68. The van der Waals surface area contributed by atoms with Crippen LogP contribution >= 0.6 is 11.6 Å². The highest BCUT2D eigenvalue weighted by molar-refractivity contribution is 7.90. The molecule has 220 valence electrons. The number of amides is 1. The van der Waals surface area contributed by atoms with Crippen LogP contribution in [0.1, 0.15) is 47.2 Å². The Balaban J connectivity index is 1.63. The minimum atomic E-state index is -3.78. The third kappa shape index (κ3) is 5.65. The van der Waals surface area contributed by atoms with Crippen LogP contribution in [0.5, 0.6) is 5.75 Å². The topological polar surface area (TPSA) is 122 Å². The number of aryl methyl sites for hydroxylation is 1. The molecule has 1 heterocycles. The van der Waals surface area contributed by atoms with Crippen LogP contribution in [0, 0.1) is 11.8 Å². The van der Waals surface area contributed by atoms with Gasteiger partial charge in [0.2, 0.25) is 15.9 Å². The summed E-state index contributed by atoms with van der Waals surface area (Å²) in [6, 6.07) is 10.7. The van der Waals surface area contributed by atoms with Crippen molar-refractivity contribution < 1.29 is 23.1 Å². The van der Waals surface area contributed by atoms with Crippen LogP contribution in [-0.4, -0.2) is 57.0 Å². The van der Waals surface area contributed by atoms with Gasteiger partial charge < -0.3 is 20.5 Å². The van der Waals surface area contributed by atoms with Crippen molar-refractivity contribution in [3.8, 4) is 5.75 Å². The third-order valence-corrected chi connectivity index (χ3v) is 11.4. The number of benzene rings is 2. The van der Waals surface area contributed by atoms with Crippen molar-refractivity contribution in [2.45, 2.75) is 48.9 Å². The van der Waals surface area contributed by atoms with Crippen molar-refractivity contribution in [2.75, 3.05) is 31.1 Å². The fourth-order valence-corrected chi connectivity index (χ4v) is 8.90. The zero-order valence-corrected chi connectivity index (χ0v) is 24.7. The zero-order valence-electron chi connectivity index (χ0n) is 23.1. The predicted molar refractivity (Wildman–Crippen MR) is 162 cm³/mol. The molecular weight excluding hydrogens is 562 g/mol. The molecule has 0 saturated heterocycles. The van der Waals surface area contributed by atoms with E-state index in [1.807, 2.05) is 12.1 Å². The molecule has 1 fully saturated rings. The highest BCUT2D eigenvalue weighted by Crippen LogP contribution is 2.48. The van der Waals surface area contributed by atoms with Crippen LogP contribution in [0.3, 0.4) is 0 Å². The molecule has 5 atom stereocenters. The Hall–Kier alpha value is -2.85. The first-order chi connectivity index (χ1) is 19.6. The van der Waals surface area contributed by atoms with Crippen LogP contribution in [-0.2, 0) is 21.9 Å². The van der Waals surface area contributed by atoms with Gasteiger partial charge in [-0.1, -0.05) is 29.8 Å². The second-order valence-electron chi connectivity index (χ2n) is 11.4. The molecule has 10 heteroatoms. The Morgan fingerprint density at radius 1 is 1.24 bits per heavy atom. The molecule has 0 bridgehead atoms. The van der Waals surface area contributed by atoms with Crippen molar-refractivity contribution in [3.63, 3.8) is 0 Å². The van der Waals surface area contributed by atoms with Gasteiger partial charge in [-0.2, -0.15) is 0 Å². The normalized spacial score (nSPS) is 26.1. The molecule has 0 radical (unpaired) electrons. The number of nitrogens with zero attached hydrogens (tertiary/aromatic N) is 1. The molecular formula is C31H38ClN3O5S. The molecule has 2 unspecified atom stereocenters. The number of anilines is 1. The number of carbonyl (C=O) groups excluding carboxylic acids is 1. The predicted octanol–water partition coefficient (Wildman–Crippen LogP) is 3.96. The summed E-state index contributed by atoms with van der Waals surface area (Å²) in [4.78, 5) is 14.3. The fraction of sp³-hybridized carbons (Fsp3) is 0.452. The first kappa shape index (κ1) is 29.6. The molecule has 0 aromatic heterocycles. The summed E-state index contributed by atoms with van der Waals surface area (Å²) in [5.74, 6) is 0.203. The summed E-state index contributed by atoms with van der Waals surface area (Å²) in [6.07, 6.45) is 5.92. The van der Waals surface area contributed by atoms with Crippen molar-refractivity contribution >= 4 is 33.2 Å². The molecule has 4 N–H and O–H groups in total. The quantitative estimate of drug-likeness (QED) is 0.281. The first-order valence-corrected chi connectivity index (χ1v) is 16.0. The molecule has 1 amide bonds. The van der Waals surface area contributed by atoms with Crippen molar-refractivity contribution in [1.29, 1.82) is 0 Å². The molecule has 2 aromatic rings. The number of hydrogen-bond donors (Lipinski definition) is 3. The summed E-state index contributed by atoms with van der Waals surface area (Å²) in [7, 11) is -3.78. The van der Waals surface area contributed by atoms with Gasteiger partial charge in [0.05, 0.1) is 22.5 Å². The highest BCUT2D eigenvalue weighted by Gasteiger charge is 2.53. The van der Waals surface area contributed by atoms with Crippen molar-refractivity contribution in [2.24, 2.45) is 17.6 Å². The first-order valence-electron chi connectivity index (χ1n) is 14.1. The zero-order chi connectivity index (χ0) is 29.4. The van der Waals surface area contributed by atoms with Crippen molar-refractivity contribution in [3.05, 3.63) is 83.4 Å². The van der Waals surface area contributed by atoms with Gasteiger partial charge in [0.25, 0.3) is 0 Å². The minimum Gasteiger partial charge on any atom is -0.490 e. The van der Waals surface area contributed by atoms with Crippen LogP contribution < -0.4 is 20.1 Å². The Kier molecular flexibility index (Phi) is 8.53. The number of halogens is 1. The second-order valence-corrected chi connectivity index (χ2v) is 13.8. The number of fused-ring (bicyclic) bond motifs is 3. The van der Waals surface area contributed by atoms with E-state index in [1.165, 1.54) is 0 Å². The average Bonchev–Trinajstić information content (AvgIpc) is 3.08. The largest absolute Gasteiger partial charge is 0.490 e. The molecule has 1 spiro atoms. The summed E-state index contributed by atoms with van der Waals surface area (Å²) < 4.78 is 37.2. The molecule has 2 aliphatic carbocycles. The number of rotatable bonds is 10. The SMILES string of the molecule is C=CCCNS(=O)(=O)C1CCc2cc(Cl)ccc2C12COc1ccc(C(N)=O)cc1N(C[C@@H]1CC[C@H]1[C@@H](O)C=C)C2. The third-order valence-electron chi connectivity index (χ3n) is 9.08. The lowest BCUT2D eigenvalue weighted by Crippen LogP contribution is -2.59. The lowest BCUT2D eigenvalue weighted by Gasteiger charge is -2.48. The van der Waals surface area contributed by atoms with Crippen LogP contribution in [0.2, 0.25) is 5.02 Å². The van der Waals surface area contributed by atoms with E-state index in [2.05, 4.69) is 22.8 Å². The van der Waals surface area contributed by atoms with Crippen LogP contribution in [0.25, 0.3) is 0 Å². The van der Waals surface area contributed by atoms with Gasteiger partial charge in [-0.3, -0.25) is 4.79 Å². The number of primary amides is 1. The molecule has 41 heavy (non-hydrogen) atoms. The Morgan fingerprint density at radius 3 is 2.73 bits per heavy atom. The van der Waals surface area contributed by atoms with Gasteiger partial charge in [0.1, 0.15) is 12.4 Å². The molecule has 1 saturated carbocycles. The summed E-state index contributed by atoms with van der Waals surface area (Å²) in [5.41, 5.74) is 7.64. The smallest absolute Gasteiger partial charge is 0.248 e. The number of nitrogens with one attached hydrogen (secondary N) is 1. The van der Waals surface area contributed by atoms with E-state index in [9.17, 15) is 18.3 Å². The number of carbonyl (C=O) groups is 1. The van der Waals surface area contributed by atoms with Crippen LogP contribution in [0.4, 0.5) is 5.69 Å². The number of sulfonamides is 1.